The van der Waals surface area contributed by atoms with Gasteiger partial charge in [0, 0.05) is 30.9 Å². The number of benzene rings is 2. The summed E-state index contributed by atoms with van der Waals surface area (Å²) in [7, 11) is 0. The van der Waals surface area contributed by atoms with Gasteiger partial charge in [0.1, 0.15) is 0 Å². The molecule has 2 aromatic carbocycles. The van der Waals surface area contributed by atoms with Crippen molar-refractivity contribution in [1.29, 1.82) is 0 Å². The second-order valence-electron chi connectivity index (χ2n) is 8.96. The predicted molar refractivity (Wildman–Crippen MR) is 127 cm³/mol. The largest absolute Gasteiger partial charge is 0.379 e. The van der Waals surface area contributed by atoms with Gasteiger partial charge < -0.3 is 10.1 Å². The molecule has 0 saturated carbocycles. The van der Waals surface area contributed by atoms with Crippen molar-refractivity contribution in [2.45, 2.75) is 33.1 Å². The molecular weight excluding hydrogens is 388 g/mol. The first-order valence-electron chi connectivity index (χ1n) is 10.9. The van der Waals surface area contributed by atoms with Crippen molar-refractivity contribution in [1.82, 2.24) is 10.2 Å². The number of rotatable bonds is 5. The van der Waals surface area contributed by atoms with Gasteiger partial charge in [-0.15, -0.1) is 0 Å². The second-order valence-corrected chi connectivity index (χ2v) is 8.96. The van der Waals surface area contributed by atoms with Crippen LogP contribution in [-0.2, 0) is 10.2 Å². The molecule has 0 radical (unpaired) electrons. The zero-order valence-electron chi connectivity index (χ0n) is 19.1. The van der Waals surface area contributed by atoms with Gasteiger partial charge in [0.15, 0.2) is 0 Å². The number of aryl methyl sites for hydroxylation is 1. The number of aliphatic imine (C=N–C) groups is 1. The number of anilines is 1. The summed E-state index contributed by atoms with van der Waals surface area (Å²) >= 11 is 0. The van der Waals surface area contributed by atoms with E-state index in [1.807, 2.05) is 55.5 Å². The first kappa shape index (κ1) is 23.0. The lowest BCUT2D eigenvalue weighted by molar-refractivity contribution is 0.0394. The Morgan fingerprint density at radius 2 is 1.68 bits per heavy atom. The van der Waals surface area contributed by atoms with Crippen LogP contribution in [0.3, 0.4) is 0 Å². The lowest BCUT2D eigenvalue weighted by Gasteiger charge is -2.25. The van der Waals surface area contributed by atoms with E-state index >= 15 is 0 Å². The minimum atomic E-state index is -0.176. The summed E-state index contributed by atoms with van der Waals surface area (Å²) in [6, 6.07) is 15.8. The summed E-state index contributed by atoms with van der Waals surface area (Å²) in [6.07, 6.45) is 0. The molecule has 1 aliphatic heterocycles. The Morgan fingerprint density at radius 3 is 2.29 bits per heavy atom. The van der Waals surface area contributed by atoms with Crippen molar-refractivity contribution in [2.75, 3.05) is 44.7 Å². The number of hydrogen-bond donors (Lipinski definition) is 2. The summed E-state index contributed by atoms with van der Waals surface area (Å²) in [5.41, 5.74) is 3.92. The zero-order chi connectivity index (χ0) is 22.3. The van der Waals surface area contributed by atoms with Gasteiger partial charge in [-0.2, -0.15) is 0 Å². The highest BCUT2D eigenvalue weighted by Gasteiger charge is 2.15. The molecule has 31 heavy (non-hydrogen) atoms. The molecule has 2 aromatic rings. The van der Waals surface area contributed by atoms with Crippen molar-refractivity contribution in [3.8, 4) is 0 Å². The molecule has 0 aliphatic carbocycles. The van der Waals surface area contributed by atoms with E-state index in [2.05, 4.69) is 41.3 Å². The van der Waals surface area contributed by atoms with Crippen molar-refractivity contribution in [3.05, 3.63) is 65.2 Å². The Kier molecular flexibility index (Phi) is 7.82. The molecule has 2 N–H and O–H groups in total. The molecule has 0 bridgehead atoms. The van der Waals surface area contributed by atoms with Crippen LogP contribution in [0.2, 0.25) is 0 Å². The molecule has 0 atom stereocenters. The van der Waals surface area contributed by atoms with Crippen LogP contribution in [0.25, 0.3) is 0 Å². The fraction of sp³-hybridized carbons (Fsp3) is 0.440. The van der Waals surface area contributed by atoms with Gasteiger partial charge in [-0.3, -0.25) is 20.0 Å². The number of morpholine rings is 1. The monoisotopic (exact) mass is 422 g/mol. The Balaban J connectivity index is 1.69. The van der Waals surface area contributed by atoms with Crippen LogP contribution in [0.5, 0.6) is 0 Å². The quantitative estimate of drug-likeness (QED) is 0.568. The molecule has 3 rings (SSSR count). The molecule has 1 aliphatic rings. The van der Waals surface area contributed by atoms with Crippen LogP contribution < -0.4 is 10.6 Å². The minimum absolute atomic E-state index is 0.0497. The van der Waals surface area contributed by atoms with Crippen LogP contribution in [0.4, 0.5) is 5.69 Å². The maximum absolute atomic E-state index is 12.9. The number of nitrogens with one attached hydrogen (secondary N) is 2. The Labute approximate surface area is 185 Å². The average molecular weight is 423 g/mol. The van der Waals surface area contributed by atoms with E-state index in [-0.39, 0.29) is 11.3 Å². The van der Waals surface area contributed by atoms with Gasteiger partial charge in [-0.1, -0.05) is 50.6 Å². The van der Waals surface area contributed by atoms with Crippen molar-refractivity contribution in [3.63, 3.8) is 0 Å². The molecule has 0 aromatic heterocycles. The Morgan fingerprint density at radius 1 is 1.03 bits per heavy atom. The van der Waals surface area contributed by atoms with Crippen LogP contribution in [0, 0.1) is 6.92 Å². The van der Waals surface area contributed by atoms with E-state index in [0.717, 1.165) is 38.5 Å². The molecule has 1 fully saturated rings. The van der Waals surface area contributed by atoms with E-state index in [4.69, 9.17) is 4.74 Å². The van der Waals surface area contributed by atoms with E-state index in [1.165, 1.54) is 11.1 Å². The van der Waals surface area contributed by atoms with Gasteiger partial charge in [-0.25, -0.2) is 0 Å². The molecule has 0 unspecified atom stereocenters. The number of ether oxygens (including phenoxy) is 1. The number of nitrogens with zero attached hydrogens (tertiary/aromatic N) is 2. The van der Waals surface area contributed by atoms with Crippen LogP contribution >= 0.6 is 0 Å². The van der Waals surface area contributed by atoms with Gasteiger partial charge in [-0.05, 0) is 42.2 Å². The van der Waals surface area contributed by atoms with E-state index in [9.17, 15) is 4.79 Å². The highest BCUT2D eigenvalue weighted by Crippen LogP contribution is 2.22. The summed E-state index contributed by atoms with van der Waals surface area (Å²) in [5.74, 6) is 0.284. The topological polar surface area (TPSA) is 66.0 Å². The van der Waals surface area contributed by atoms with E-state index < -0.39 is 0 Å². The van der Waals surface area contributed by atoms with Gasteiger partial charge in [0.2, 0.25) is 5.96 Å². The summed E-state index contributed by atoms with van der Waals surface area (Å²) in [5, 5.41) is 6.20. The first-order chi connectivity index (χ1) is 14.8. The van der Waals surface area contributed by atoms with E-state index in [1.54, 1.807) is 0 Å². The predicted octanol–water partition coefficient (Wildman–Crippen LogP) is 3.82. The smallest absolute Gasteiger partial charge is 0.257 e. The van der Waals surface area contributed by atoms with E-state index in [0.29, 0.717) is 18.1 Å². The number of carbonyl (C=O) groups excluding carboxylic acids is 1. The highest BCUT2D eigenvalue weighted by molar-refractivity contribution is 6.09. The van der Waals surface area contributed by atoms with Crippen LogP contribution in [0.1, 0.15) is 42.3 Å². The molecule has 1 heterocycles. The Hall–Kier alpha value is -2.70. The van der Waals surface area contributed by atoms with Crippen LogP contribution in [0.15, 0.2) is 53.5 Å². The normalized spacial score (nSPS) is 15.5. The van der Waals surface area contributed by atoms with Gasteiger partial charge in [0.05, 0.1) is 19.8 Å². The number of amides is 1. The molecule has 6 heteroatoms. The molecule has 0 spiro atoms. The number of hydrogen-bond acceptors (Lipinski definition) is 4. The van der Waals surface area contributed by atoms with Gasteiger partial charge >= 0.3 is 0 Å². The summed E-state index contributed by atoms with van der Waals surface area (Å²) < 4.78 is 5.40. The fourth-order valence-corrected chi connectivity index (χ4v) is 3.31. The number of guanidine groups is 1. The second kappa shape index (κ2) is 10.6. The maximum Gasteiger partial charge on any atom is 0.257 e. The van der Waals surface area contributed by atoms with Crippen molar-refractivity contribution >= 4 is 17.6 Å². The standard InChI is InChI=1S/C25H34N4O2/c1-19-5-11-22(12-6-19)27-24(26-13-14-29-15-17-31-18-16-29)28-23(30)20-7-9-21(10-8-20)25(2,3)4/h5-12H,13-18H2,1-4H3,(H2,26,27,28,30). The van der Waals surface area contributed by atoms with Gasteiger partial charge in [0.25, 0.3) is 5.91 Å². The van der Waals surface area contributed by atoms with Crippen molar-refractivity contribution in [2.24, 2.45) is 4.99 Å². The lowest BCUT2D eigenvalue weighted by Crippen LogP contribution is -2.39. The minimum Gasteiger partial charge on any atom is -0.379 e. The van der Waals surface area contributed by atoms with Crippen molar-refractivity contribution < 1.29 is 9.53 Å². The maximum atomic E-state index is 12.9. The third-order valence-corrected chi connectivity index (χ3v) is 5.35. The lowest BCUT2D eigenvalue weighted by atomic mass is 9.87. The highest BCUT2D eigenvalue weighted by atomic mass is 16.5. The fourth-order valence-electron chi connectivity index (χ4n) is 3.31. The molecule has 6 nitrogen and oxygen atoms in total. The Bertz CT molecular complexity index is 877. The van der Waals surface area contributed by atoms with Crippen LogP contribution in [-0.4, -0.2) is 56.2 Å². The average Bonchev–Trinajstić information content (AvgIpc) is 2.75. The number of carbonyl (C=O) groups is 1. The zero-order valence-corrected chi connectivity index (χ0v) is 19.1. The first-order valence-corrected chi connectivity index (χ1v) is 10.9. The summed E-state index contributed by atoms with van der Waals surface area (Å²) in [4.78, 5) is 19.8. The molecular formula is C25H34N4O2. The molecule has 166 valence electrons. The third kappa shape index (κ3) is 7.19. The SMILES string of the molecule is Cc1ccc(NC(=NCCN2CCOCC2)NC(=O)c2ccc(C(C)(C)C)cc2)cc1. The molecule has 1 amide bonds. The summed E-state index contributed by atoms with van der Waals surface area (Å²) in [6.45, 7) is 13.3. The third-order valence-electron chi connectivity index (χ3n) is 5.35. The molecule has 1 saturated heterocycles.